The molecule has 23 heavy (non-hydrogen) atoms. The zero-order valence-corrected chi connectivity index (χ0v) is 14.3. The Morgan fingerprint density at radius 1 is 1.09 bits per heavy atom. The molecule has 1 aromatic heterocycles. The first-order valence-electron chi connectivity index (χ1n) is 8.00. The molecule has 0 bridgehead atoms. The maximum atomic E-state index is 6.43. The van der Waals surface area contributed by atoms with Crippen LogP contribution in [-0.4, -0.2) is 9.55 Å². The molecular formula is C19H22ClN3. The molecule has 0 amide bonds. The van der Waals surface area contributed by atoms with Crippen LogP contribution in [0.15, 0.2) is 48.5 Å². The molecule has 0 saturated heterocycles. The van der Waals surface area contributed by atoms with E-state index in [0.717, 1.165) is 34.8 Å². The normalized spacial score (nSPS) is 12.9. The highest BCUT2D eigenvalue weighted by Crippen LogP contribution is 2.25. The zero-order chi connectivity index (χ0) is 16.4. The van der Waals surface area contributed by atoms with E-state index in [1.165, 1.54) is 5.56 Å². The number of imidazole rings is 1. The van der Waals surface area contributed by atoms with Crippen LogP contribution in [0, 0.1) is 5.92 Å². The highest BCUT2D eigenvalue weighted by atomic mass is 35.5. The molecule has 1 heterocycles. The van der Waals surface area contributed by atoms with E-state index < -0.39 is 0 Å². The van der Waals surface area contributed by atoms with Crippen molar-refractivity contribution in [3.05, 3.63) is 64.9 Å². The summed E-state index contributed by atoms with van der Waals surface area (Å²) in [5, 5.41) is 0.751. The first-order valence-corrected chi connectivity index (χ1v) is 8.37. The lowest BCUT2D eigenvalue weighted by Gasteiger charge is -2.16. The molecule has 3 rings (SSSR count). The minimum atomic E-state index is -0.0605. The Morgan fingerprint density at radius 3 is 2.48 bits per heavy atom. The number of nitrogens with zero attached hydrogens (tertiary/aromatic N) is 2. The van der Waals surface area contributed by atoms with E-state index in [1.807, 2.05) is 30.3 Å². The van der Waals surface area contributed by atoms with Gasteiger partial charge in [0.05, 0.1) is 17.1 Å². The first-order chi connectivity index (χ1) is 11.0. The van der Waals surface area contributed by atoms with Gasteiger partial charge in [-0.15, -0.1) is 0 Å². The molecule has 0 aliphatic carbocycles. The average molecular weight is 328 g/mol. The molecule has 1 atom stereocenters. The van der Waals surface area contributed by atoms with Crippen LogP contribution < -0.4 is 5.73 Å². The van der Waals surface area contributed by atoms with Crippen molar-refractivity contribution in [1.29, 1.82) is 0 Å². The van der Waals surface area contributed by atoms with Gasteiger partial charge in [-0.05, 0) is 42.2 Å². The molecule has 2 N–H and O–H groups in total. The van der Waals surface area contributed by atoms with Crippen molar-refractivity contribution in [2.75, 3.05) is 0 Å². The third-order valence-electron chi connectivity index (χ3n) is 4.00. The van der Waals surface area contributed by atoms with E-state index in [0.29, 0.717) is 5.92 Å². The summed E-state index contributed by atoms with van der Waals surface area (Å²) in [4.78, 5) is 4.79. The molecule has 2 aromatic carbocycles. The van der Waals surface area contributed by atoms with Crippen LogP contribution in [0.3, 0.4) is 0 Å². The number of nitrogens with two attached hydrogens (primary N) is 1. The van der Waals surface area contributed by atoms with Crippen molar-refractivity contribution >= 4 is 22.6 Å². The topological polar surface area (TPSA) is 43.8 Å². The summed E-state index contributed by atoms with van der Waals surface area (Å²) in [7, 11) is 0. The van der Waals surface area contributed by atoms with Gasteiger partial charge in [-0.2, -0.15) is 0 Å². The average Bonchev–Trinajstić information content (AvgIpc) is 2.88. The molecule has 4 heteroatoms. The van der Waals surface area contributed by atoms with Gasteiger partial charge in [0.25, 0.3) is 0 Å². The van der Waals surface area contributed by atoms with Crippen molar-refractivity contribution in [1.82, 2.24) is 9.55 Å². The predicted molar refractivity (Wildman–Crippen MR) is 96.7 cm³/mol. The molecular weight excluding hydrogens is 306 g/mol. The zero-order valence-electron chi connectivity index (χ0n) is 13.5. The van der Waals surface area contributed by atoms with Gasteiger partial charge in [0.2, 0.25) is 0 Å². The van der Waals surface area contributed by atoms with E-state index >= 15 is 0 Å². The van der Waals surface area contributed by atoms with Crippen molar-refractivity contribution in [2.24, 2.45) is 11.7 Å². The Morgan fingerprint density at radius 2 is 1.78 bits per heavy atom. The van der Waals surface area contributed by atoms with Crippen molar-refractivity contribution in [3.63, 3.8) is 0 Å². The number of fused-ring (bicyclic) bond motifs is 1. The molecule has 0 aliphatic heterocycles. The van der Waals surface area contributed by atoms with Gasteiger partial charge < -0.3 is 10.3 Å². The monoisotopic (exact) mass is 327 g/mol. The molecule has 0 fully saturated rings. The maximum Gasteiger partial charge on any atom is 0.127 e. The van der Waals surface area contributed by atoms with Crippen molar-refractivity contribution in [2.45, 2.75) is 32.9 Å². The van der Waals surface area contributed by atoms with Gasteiger partial charge >= 0.3 is 0 Å². The SMILES string of the molecule is CC(C)C[C@H](N)c1nc2ccccc2n1Cc1ccc(Cl)cc1. The van der Waals surface area contributed by atoms with E-state index in [4.69, 9.17) is 22.3 Å². The number of halogens is 1. The quantitative estimate of drug-likeness (QED) is 0.732. The van der Waals surface area contributed by atoms with Crippen molar-refractivity contribution in [3.8, 4) is 0 Å². The number of benzene rings is 2. The van der Waals surface area contributed by atoms with Crippen LogP contribution in [0.2, 0.25) is 5.02 Å². The minimum absolute atomic E-state index is 0.0605. The summed E-state index contributed by atoms with van der Waals surface area (Å²) in [6, 6.07) is 16.1. The second kappa shape index (κ2) is 6.73. The third kappa shape index (κ3) is 3.57. The molecule has 3 nitrogen and oxygen atoms in total. The standard InChI is InChI=1S/C19H22ClN3/c1-13(2)11-16(21)19-22-17-5-3-4-6-18(17)23(19)12-14-7-9-15(20)10-8-14/h3-10,13,16H,11-12,21H2,1-2H3/t16-/m0/s1. The summed E-state index contributed by atoms with van der Waals surface area (Å²) in [5.74, 6) is 1.49. The maximum absolute atomic E-state index is 6.43. The largest absolute Gasteiger partial charge is 0.322 e. The predicted octanol–water partition coefficient (Wildman–Crippen LogP) is 4.78. The van der Waals surface area contributed by atoms with Crippen LogP contribution in [0.25, 0.3) is 11.0 Å². The number of para-hydroxylation sites is 2. The van der Waals surface area contributed by atoms with Crippen LogP contribution in [0.5, 0.6) is 0 Å². The second-order valence-electron chi connectivity index (χ2n) is 6.41. The molecule has 0 spiro atoms. The summed E-state index contributed by atoms with van der Waals surface area (Å²) >= 11 is 5.99. The van der Waals surface area contributed by atoms with E-state index in [2.05, 4.69) is 36.6 Å². The molecule has 120 valence electrons. The number of hydrogen-bond donors (Lipinski definition) is 1. The van der Waals surface area contributed by atoms with Gasteiger partial charge in [-0.3, -0.25) is 0 Å². The molecule has 0 aliphatic rings. The van der Waals surface area contributed by atoms with Crippen molar-refractivity contribution < 1.29 is 0 Å². The summed E-state index contributed by atoms with van der Waals surface area (Å²) < 4.78 is 2.23. The summed E-state index contributed by atoms with van der Waals surface area (Å²) in [6.07, 6.45) is 0.921. The Hall–Kier alpha value is -1.84. The first kappa shape index (κ1) is 16.0. The van der Waals surface area contributed by atoms with Crippen LogP contribution in [0.1, 0.15) is 37.7 Å². The summed E-state index contributed by atoms with van der Waals surface area (Å²) in [5.41, 5.74) is 9.74. The Balaban J connectivity index is 2.03. The van der Waals surface area contributed by atoms with Gasteiger partial charge in [0.1, 0.15) is 5.82 Å². The van der Waals surface area contributed by atoms with Crippen LogP contribution in [-0.2, 0) is 6.54 Å². The number of rotatable bonds is 5. The Kier molecular flexibility index (Phi) is 4.69. The fraction of sp³-hybridized carbons (Fsp3) is 0.316. The Bertz CT molecular complexity index is 790. The smallest absolute Gasteiger partial charge is 0.127 e. The molecule has 0 radical (unpaired) electrons. The van der Waals surface area contributed by atoms with Gasteiger partial charge in [0.15, 0.2) is 0 Å². The van der Waals surface area contributed by atoms with Gasteiger partial charge in [-0.25, -0.2) is 4.98 Å². The van der Waals surface area contributed by atoms with E-state index in [-0.39, 0.29) is 6.04 Å². The second-order valence-corrected chi connectivity index (χ2v) is 6.84. The van der Waals surface area contributed by atoms with E-state index in [9.17, 15) is 0 Å². The minimum Gasteiger partial charge on any atom is -0.322 e. The van der Waals surface area contributed by atoms with Crippen LogP contribution in [0.4, 0.5) is 0 Å². The molecule has 0 unspecified atom stereocenters. The number of aromatic nitrogens is 2. The summed E-state index contributed by atoms with van der Waals surface area (Å²) in [6.45, 7) is 5.12. The van der Waals surface area contributed by atoms with Gasteiger partial charge in [-0.1, -0.05) is 49.7 Å². The highest BCUT2D eigenvalue weighted by molar-refractivity contribution is 6.30. The Labute approximate surface area is 142 Å². The van der Waals surface area contributed by atoms with Gasteiger partial charge in [0, 0.05) is 11.6 Å². The lowest BCUT2D eigenvalue weighted by Crippen LogP contribution is -2.19. The molecule has 3 aromatic rings. The fourth-order valence-corrected chi connectivity index (χ4v) is 3.06. The highest BCUT2D eigenvalue weighted by Gasteiger charge is 2.18. The lowest BCUT2D eigenvalue weighted by molar-refractivity contribution is 0.481. The number of hydrogen-bond acceptors (Lipinski definition) is 2. The van der Waals surface area contributed by atoms with E-state index in [1.54, 1.807) is 0 Å². The lowest BCUT2D eigenvalue weighted by atomic mass is 10.0. The third-order valence-corrected chi connectivity index (χ3v) is 4.25. The fourth-order valence-electron chi connectivity index (χ4n) is 2.93. The van der Waals surface area contributed by atoms with Crippen LogP contribution >= 0.6 is 11.6 Å². The molecule has 0 saturated carbocycles.